The predicted molar refractivity (Wildman–Crippen MR) is 102 cm³/mol. The van der Waals surface area contributed by atoms with Crippen LogP contribution in [0.15, 0.2) is 54.6 Å². The zero-order valence-electron chi connectivity index (χ0n) is 15.2. The van der Waals surface area contributed by atoms with Gasteiger partial charge in [0.2, 0.25) is 5.91 Å². The van der Waals surface area contributed by atoms with E-state index in [1.807, 2.05) is 18.2 Å². The van der Waals surface area contributed by atoms with Crippen LogP contribution in [0.2, 0.25) is 0 Å². The van der Waals surface area contributed by atoms with Crippen LogP contribution in [0.1, 0.15) is 27.6 Å². The maximum absolute atomic E-state index is 12.7. The molecule has 0 saturated carbocycles. The van der Waals surface area contributed by atoms with E-state index in [4.69, 9.17) is 0 Å². The fourth-order valence-corrected chi connectivity index (χ4v) is 3.81. The molecule has 1 fully saturated rings. The Morgan fingerprint density at radius 3 is 2.11 bits per heavy atom. The molecule has 0 aromatic heterocycles. The summed E-state index contributed by atoms with van der Waals surface area (Å²) < 4.78 is 0. The van der Waals surface area contributed by atoms with Crippen LogP contribution in [0.5, 0.6) is 0 Å². The molecule has 4 rings (SSSR count). The number of amides is 3. The molecule has 0 spiro atoms. The maximum atomic E-state index is 12.7. The molecule has 1 saturated heterocycles. The average Bonchev–Trinajstić information content (AvgIpc) is 2.94. The van der Waals surface area contributed by atoms with Crippen molar-refractivity contribution in [3.63, 3.8) is 0 Å². The molecule has 2 aliphatic heterocycles. The second-order valence-corrected chi connectivity index (χ2v) is 6.96. The Hall–Kier alpha value is -3.15. The van der Waals surface area contributed by atoms with E-state index in [1.54, 1.807) is 29.2 Å². The van der Waals surface area contributed by atoms with Crippen LogP contribution < -0.4 is 4.90 Å². The number of fused-ring (bicyclic) bond motifs is 1. The van der Waals surface area contributed by atoms with Crippen LogP contribution in [0.3, 0.4) is 0 Å². The molecular weight excluding hydrogens is 342 g/mol. The summed E-state index contributed by atoms with van der Waals surface area (Å²) in [7, 11) is 0. The van der Waals surface area contributed by atoms with Crippen molar-refractivity contribution in [2.75, 3.05) is 31.1 Å². The van der Waals surface area contributed by atoms with E-state index in [0.717, 1.165) is 17.1 Å². The van der Waals surface area contributed by atoms with E-state index in [9.17, 15) is 14.4 Å². The number of para-hydroxylation sites is 1. The largest absolute Gasteiger partial charge is 0.365 e. The highest BCUT2D eigenvalue weighted by molar-refractivity contribution is 6.22. The summed E-state index contributed by atoms with van der Waals surface area (Å²) in [4.78, 5) is 42.7. The van der Waals surface area contributed by atoms with Gasteiger partial charge in [-0.2, -0.15) is 0 Å². The van der Waals surface area contributed by atoms with Gasteiger partial charge in [0.25, 0.3) is 11.8 Å². The van der Waals surface area contributed by atoms with Crippen molar-refractivity contribution in [2.45, 2.75) is 13.0 Å². The van der Waals surface area contributed by atoms with Crippen molar-refractivity contribution in [3.8, 4) is 0 Å². The van der Waals surface area contributed by atoms with Crippen molar-refractivity contribution in [3.05, 3.63) is 65.7 Å². The number of benzene rings is 2. The summed E-state index contributed by atoms with van der Waals surface area (Å²) in [5.41, 5.74) is 1.88. The van der Waals surface area contributed by atoms with Crippen LogP contribution in [0.4, 0.5) is 5.69 Å². The lowest BCUT2D eigenvalue weighted by Crippen LogP contribution is -2.55. The number of hydrogen-bond acceptors (Lipinski definition) is 4. The number of piperazine rings is 1. The van der Waals surface area contributed by atoms with Crippen molar-refractivity contribution >= 4 is 23.4 Å². The fraction of sp³-hybridized carbons (Fsp3) is 0.286. The SMILES string of the molecule is CC1CN(C(=O)CN2C(=O)c3ccccc3C2=O)CCN1c1ccccc1. The van der Waals surface area contributed by atoms with E-state index in [-0.39, 0.29) is 30.3 Å². The quantitative estimate of drug-likeness (QED) is 0.783. The lowest BCUT2D eigenvalue weighted by molar-refractivity contribution is -0.132. The maximum Gasteiger partial charge on any atom is 0.262 e. The molecule has 0 bridgehead atoms. The van der Waals surface area contributed by atoms with Crippen molar-refractivity contribution in [1.29, 1.82) is 0 Å². The van der Waals surface area contributed by atoms with Crippen LogP contribution in [0, 0.1) is 0 Å². The third-order valence-corrected chi connectivity index (χ3v) is 5.24. The van der Waals surface area contributed by atoms with E-state index in [0.29, 0.717) is 24.2 Å². The second kappa shape index (κ2) is 6.87. The van der Waals surface area contributed by atoms with E-state index < -0.39 is 0 Å². The van der Waals surface area contributed by atoms with Crippen LogP contribution in [-0.4, -0.2) is 59.7 Å². The summed E-state index contributed by atoms with van der Waals surface area (Å²) in [6.07, 6.45) is 0. The lowest BCUT2D eigenvalue weighted by Gasteiger charge is -2.41. The zero-order chi connectivity index (χ0) is 19.0. The first-order valence-corrected chi connectivity index (χ1v) is 9.11. The number of imide groups is 1. The number of carbonyl (C=O) groups excluding carboxylic acids is 3. The van der Waals surface area contributed by atoms with Crippen molar-refractivity contribution in [2.24, 2.45) is 0 Å². The van der Waals surface area contributed by atoms with Gasteiger partial charge in [-0.1, -0.05) is 30.3 Å². The van der Waals surface area contributed by atoms with Gasteiger partial charge in [-0.3, -0.25) is 19.3 Å². The minimum absolute atomic E-state index is 0.160. The number of nitrogens with zero attached hydrogens (tertiary/aromatic N) is 3. The molecule has 2 aromatic rings. The molecule has 1 unspecified atom stereocenters. The van der Waals surface area contributed by atoms with Gasteiger partial charge in [0.1, 0.15) is 6.54 Å². The molecule has 138 valence electrons. The number of anilines is 1. The van der Waals surface area contributed by atoms with Crippen LogP contribution in [0.25, 0.3) is 0 Å². The Morgan fingerprint density at radius 2 is 1.52 bits per heavy atom. The minimum Gasteiger partial charge on any atom is -0.365 e. The minimum atomic E-state index is -0.389. The Kier molecular flexibility index (Phi) is 4.39. The smallest absolute Gasteiger partial charge is 0.262 e. The molecule has 1 atom stereocenters. The van der Waals surface area contributed by atoms with Gasteiger partial charge >= 0.3 is 0 Å². The first-order valence-electron chi connectivity index (χ1n) is 9.11. The van der Waals surface area contributed by atoms with Gasteiger partial charge in [-0.05, 0) is 31.2 Å². The fourth-order valence-electron chi connectivity index (χ4n) is 3.81. The number of hydrogen-bond donors (Lipinski definition) is 0. The molecule has 27 heavy (non-hydrogen) atoms. The molecule has 2 heterocycles. The Labute approximate surface area is 158 Å². The molecule has 0 aliphatic carbocycles. The third-order valence-electron chi connectivity index (χ3n) is 5.24. The molecule has 0 radical (unpaired) electrons. The van der Waals surface area contributed by atoms with E-state index in [2.05, 4.69) is 24.0 Å². The average molecular weight is 363 g/mol. The van der Waals surface area contributed by atoms with Crippen molar-refractivity contribution < 1.29 is 14.4 Å². The molecule has 3 amide bonds. The van der Waals surface area contributed by atoms with Crippen molar-refractivity contribution in [1.82, 2.24) is 9.80 Å². The van der Waals surface area contributed by atoms with Gasteiger partial charge in [-0.25, -0.2) is 0 Å². The van der Waals surface area contributed by atoms with Crippen LogP contribution in [-0.2, 0) is 4.79 Å². The number of carbonyl (C=O) groups is 3. The molecule has 2 aliphatic rings. The molecule has 2 aromatic carbocycles. The van der Waals surface area contributed by atoms with Gasteiger partial charge in [-0.15, -0.1) is 0 Å². The monoisotopic (exact) mass is 363 g/mol. The Morgan fingerprint density at radius 1 is 0.926 bits per heavy atom. The molecule has 6 heteroatoms. The van der Waals surface area contributed by atoms with E-state index >= 15 is 0 Å². The highest BCUT2D eigenvalue weighted by Crippen LogP contribution is 2.23. The summed E-state index contributed by atoms with van der Waals surface area (Å²) in [5.74, 6) is -0.969. The standard InChI is InChI=1S/C21H21N3O3/c1-15-13-22(11-12-23(15)16-7-3-2-4-8-16)19(25)14-24-20(26)17-9-5-6-10-18(17)21(24)27/h2-10,15H,11-14H2,1H3. The van der Waals surface area contributed by atoms with Gasteiger partial charge in [0.05, 0.1) is 11.1 Å². The summed E-state index contributed by atoms with van der Waals surface area (Å²) in [5, 5.41) is 0. The summed E-state index contributed by atoms with van der Waals surface area (Å²) >= 11 is 0. The summed E-state index contributed by atoms with van der Waals surface area (Å²) in [6, 6.07) is 17.0. The van der Waals surface area contributed by atoms with Gasteiger partial charge < -0.3 is 9.80 Å². The summed E-state index contributed by atoms with van der Waals surface area (Å²) in [6.45, 7) is 3.73. The van der Waals surface area contributed by atoms with Gasteiger partial charge in [0, 0.05) is 31.4 Å². The first kappa shape index (κ1) is 17.3. The topological polar surface area (TPSA) is 60.9 Å². The molecule has 0 N–H and O–H groups in total. The number of rotatable bonds is 3. The highest BCUT2D eigenvalue weighted by atomic mass is 16.2. The Balaban J connectivity index is 1.42. The van der Waals surface area contributed by atoms with E-state index in [1.165, 1.54) is 0 Å². The second-order valence-electron chi connectivity index (χ2n) is 6.96. The highest BCUT2D eigenvalue weighted by Gasteiger charge is 2.37. The predicted octanol–water partition coefficient (Wildman–Crippen LogP) is 2.02. The van der Waals surface area contributed by atoms with Crippen LogP contribution >= 0.6 is 0 Å². The normalized spacial score (nSPS) is 19.4. The molecular formula is C21H21N3O3. The third kappa shape index (κ3) is 3.07. The first-order chi connectivity index (χ1) is 13.1. The lowest BCUT2D eigenvalue weighted by atomic mass is 10.1. The Bertz CT molecular complexity index is 862. The molecule has 6 nitrogen and oxygen atoms in total. The zero-order valence-corrected chi connectivity index (χ0v) is 15.2. The van der Waals surface area contributed by atoms with Gasteiger partial charge in [0.15, 0.2) is 0 Å².